The zero-order valence-electron chi connectivity index (χ0n) is 14.7. The van der Waals surface area contributed by atoms with E-state index in [2.05, 4.69) is 18.7 Å². The monoisotopic (exact) mass is 334 g/mol. The minimum absolute atomic E-state index is 0.0588. The number of nitrogens with zero attached hydrogens (tertiary/aromatic N) is 2. The van der Waals surface area contributed by atoms with Gasteiger partial charge in [0.25, 0.3) is 5.91 Å². The van der Waals surface area contributed by atoms with Gasteiger partial charge in [-0.05, 0) is 38.5 Å². The van der Waals surface area contributed by atoms with Gasteiger partial charge in [0.2, 0.25) is 6.79 Å². The van der Waals surface area contributed by atoms with E-state index in [1.165, 1.54) is 0 Å². The Morgan fingerprint density at radius 1 is 1.21 bits per heavy atom. The van der Waals surface area contributed by atoms with E-state index in [0.717, 1.165) is 32.7 Å². The van der Waals surface area contributed by atoms with Gasteiger partial charge in [-0.1, -0.05) is 0 Å². The molecule has 2 unspecified atom stereocenters. The summed E-state index contributed by atoms with van der Waals surface area (Å²) in [5.41, 5.74) is 0.659. The van der Waals surface area contributed by atoms with E-state index in [1.54, 1.807) is 13.2 Å². The van der Waals surface area contributed by atoms with Crippen molar-refractivity contribution in [3.05, 3.63) is 23.8 Å². The summed E-state index contributed by atoms with van der Waals surface area (Å²) < 4.78 is 15.8. The first-order valence-corrected chi connectivity index (χ1v) is 8.53. The van der Waals surface area contributed by atoms with Gasteiger partial charge in [0.15, 0.2) is 11.5 Å². The molecule has 0 aromatic heterocycles. The Morgan fingerprint density at radius 3 is 2.62 bits per heavy atom. The SMILES string of the molecule is COCCCN1C(C)CN(C(=O)c2ccc3c(c2)OCO3)CC1C. The highest BCUT2D eigenvalue weighted by Crippen LogP contribution is 2.33. The standard InChI is InChI=1S/C18H26N2O4/c1-13-10-19(11-14(2)20(13)7-4-8-22-3)18(21)15-5-6-16-17(9-15)24-12-23-16/h5-6,9,13-14H,4,7-8,10-12H2,1-3H3. The van der Waals surface area contributed by atoms with Crippen LogP contribution in [0.1, 0.15) is 30.6 Å². The normalized spacial score (nSPS) is 23.5. The van der Waals surface area contributed by atoms with Crippen LogP contribution in [0.15, 0.2) is 18.2 Å². The molecule has 2 atom stereocenters. The van der Waals surface area contributed by atoms with Crippen molar-refractivity contribution < 1.29 is 19.0 Å². The molecule has 1 aromatic rings. The van der Waals surface area contributed by atoms with Gasteiger partial charge in [0.1, 0.15) is 0 Å². The summed E-state index contributed by atoms with van der Waals surface area (Å²) in [7, 11) is 1.73. The predicted octanol–water partition coefficient (Wildman–Crippen LogP) is 1.99. The minimum atomic E-state index is 0.0588. The summed E-state index contributed by atoms with van der Waals surface area (Å²) >= 11 is 0. The van der Waals surface area contributed by atoms with E-state index >= 15 is 0 Å². The smallest absolute Gasteiger partial charge is 0.254 e. The lowest BCUT2D eigenvalue weighted by molar-refractivity contribution is 0.0270. The number of hydrogen-bond donors (Lipinski definition) is 0. The van der Waals surface area contributed by atoms with Crippen LogP contribution in [0.5, 0.6) is 11.5 Å². The average Bonchev–Trinajstić information content (AvgIpc) is 3.04. The molecule has 2 aliphatic heterocycles. The molecule has 0 radical (unpaired) electrons. The number of carbonyl (C=O) groups is 1. The second kappa shape index (κ2) is 7.40. The van der Waals surface area contributed by atoms with Gasteiger partial charge in [-0.2, -0.15) is 0 Å². The summed E-state index contributed by atoms with van der Waals surface area (Å²) in [5.74, 6) is 1.42. The Hall–Kier alpha value is -1.79. The van der Waals surface area contributed by atoms with Gasteiger partial charge in [0.05, 0.1) is 0 Å². The third kappa shape index (κ3) is 3.49. The number of piperazine rings is 1. The maximum Gasteiger partial charge on any atom is 0.254 e. The van der Waals surface area contributed by atoms with Crippen molar-refractivity contribution in [3.63, 3.8) is 0 Å². The summed E-state index contributed by atoms with van der Waals surface area (Å²) in [5, 5.41) is 0. The van der Waals surface area contributed by atoms with Crippen LogP contribution in [0, 0.1) is 0 Å². The molecular formula is C18H26N2O4. The zero-order valence-corrected chi connectivity index (χ0v) is 14.7. The van der Waals surface area contributed by atoms with Crippen LogP contribution in [0.2, 0.25) is 0 Å². The molecule has 1 saturated heterocycles. The predicted molar refractivity (Wildman–Crippen MR) is 90.6 cm³/mol. The Bertz CT molecular complexity index is 580. The van der Waals surface area contributed by atoms with E-state index in [0.29, 0.717) is 29.1 Å². The quantitative estimate of drug-likeness (QED) is 0.771. The molecule has 24 heavy (non-hydrogen) atoms. The summed E-state index contributed by atoms with van der Waals surface area (Å²) in [6, 6.07) is 6.08. The number of hydrogen-bond acceptors (Lipinski definition) is 5. The molecule has 0 N–H and O–H groups in total. The number of amides is 1. The van der Waals surface area contributed by atoms with E-state index in [4.69, 9.17) is 14.2 Å². The Labute approximate surface area is 143 Å². The summed E-state index contributed by atoms with van der Waals surface area (Å²) in [6.07, 6.45) is 1.02. The van der Waals surface area contributed by atoms with E-state index < -0.39 is 0 Å². The average molecular weight is 334 g/mol. The lowest BCUT2D eigenvalue weighted by atomic mass is 10.1. The van der Waals surface area contributed by atoms with Crippen LogP contribution >= 0.6 is 0 Å². The number of methoxy groups -OCH3 is 1. The topological polar surface area (TPSA) is 51.2 Å². The van der Waals surface area contributed by atoms with Crippen molar-refractivity contribution in [2.45, 2.75) is 32.4 Å². The van der Waals surface area contributed by atoms with Crippen LogP contribution in [-0.2, 0) is 4.74 Å². The highest BCUT2D eigenvalue weighted by atomic mass is 16.7. The van der Waals surface area contributed by atoms with Crippen LogP contribution in [0.3, 0.4) is 0 Å². The Morgan fingerprint density at radius 2 is 1.92 bits per heavy atom. The molecule has 6 heteroatoms. The number of benzene rings is 1. The molecule has 0 bridgehead atoms. The maximum atomic E-state index is 12.8. The van der Waals surface area contributed by atoms with E-state index in [9.17, 15) is 4.79 Å². The minimum Gasteiger partial charge on any atom is -0.454 e. The second-order valence-electron chi connectivity index (χ2n) is 6.56. The molecule has 1 aromatic carbocycles. The zero-order chi connectivity index (χ0) is 17.1. The third-order valence-corrected chi connectivity index (χ3v) is 4.77. The molecular weight excluding hydrogens is 308 g/mol. The van der Waals surface area contributed by atoms with Gasteiger partial charge < -0.3 is 19.1 Å². The molecule has 2 heterocycles. The first kappa shape index (κ1) is 17.0. The summed E-state index contributed by atoms with van der Waals surface area (Å²) in [4.78, 5) is 17.3. The molecule has 132 valence electrons. The molecule has 0 saturated carbocycles. The lowest BCUT2D eigenvalue weighted by Gasteiger charge is -2.44. The van der Waals surface area contributed by atoms with E-state index in [-0.39, 0.29) is 12.7 Å². The van der Waals surface area contributed by atoms with Gasteiger partial charge >= 0.3 is 0 Å². The lowest BCUT2D eigenvalue weighted by Crippen LogP contribution is -2.58. The maximum absolute atomic E-state index is 12.8. The van der Waals surface area contributed by atoms with Gasteiger partial charge in [-0.15, -0.1) is 0 Å². The van der Waals surface area contributed by atoms with Gasteiger partial charge in [0, 0.05) is 51.0 Å². The third-order valence-electron chi connectivity index (χ3n) is 4.77. The van der Waals surface area contributed by atoms with Crippen molar-refractivity contribution in [1.82, 2.24) is 9.80 Å². The molecule has 6 nitrogen and oxygen atoms in total. The van der Waals surface area contributed by atoms with Crippen molar-refractivity contribution >= 4 is 5.91 Å². The fourth-order valence-corrected chi connectivity index (χ4v) is 3.57. The van der Waals surface area contributed by atoms with Crippen molar-refractivity contribution in [1.29, 1.82) is 0 Å². The largest absolute Gasteiger partial charge is 0.454 e. The van der Waals surface area contributed by atoms with Crippen molar-refractivity contribution in [2.24, 2.45) is 0 Å². The molecule has 0 aliphatic carbocycles. The summed E-state index contributed by atoms with van der Waals surface area (Å²) in [6.45, 7) is 7.85. The van der Waals surface area contributed by atoms with Crippen LogP contribution in [0.4, 0.5) is 0 Å². The highest BCUT2D eigenvalue weighted by Gasteiger charge is 2.32. The Balaban J connectivity index is 1.64. The Kier molecular flexibility index (Phi) is 5.26. The van der Waals surface area contributed by atoms with Crippen LogP contribution in [-0.4, -0.2) is 67.9 Å². The molecule has 1 amide bonds. The van der Waals surface area contributed by atoms with Crippen molar-refractivity contribution in [3.8, 4) is 11.5 Å². The molecule has 3 rings (SSSR count). The van der Waals surface area contributed by atoms with E-state index in [1.807, 2.05) is 17.0 Å². The first-order valence-electron chi connectivity index (χ1n) is 8.53. The van der Waals surface area contributed by atoms with Crippen LogP contribution < -0.4 is 9.47 Å². The van der Waals surface area contributed by atoms with Crippen molar-refractivity contribution in [2.75, 3.05) is 40.1 Å². The molecule has 0 spiro atoms. The fourth-order valence-electron chi connectivity index (χ4n) is 3.57. The van der Waals surface area contributed by atoms with Crippen LogP contribution in [0.25, 0.3) is 0 Å². The first-order chi connectivity index (χ1) is 11.6. The van der Waals surface area contributed by atoms with Gasteiger partial charge in [-0.3, -0.25) is 9.69 Å². The molecule has 2 aliphatic rings. The molecule has 1 fully saturated rings. The van der Waals surface area contributed by atoms with Gasteiger partial charge in [-0.25, -0.2) is 0 Å². The second-order valence-corrected chi connectivity index (χ2v) is 6.56. The number of fused-ring (bicyclic) bond motifs is 1. The number of ether oxygens (including phenoxy) is 3. The fraction of sp³-hybridized carbons (Fsp3) is 0.611. The number of rotatable bonds is 5. The highest BCUT2D eigenvalue weighted by molar-refractivity contribution is 5.95. The number of carbonyl (C=O) groups excluding carboxylic acids is 1.